The van der Waals surface area contributed by atoms with E-state index >= 15 is 0 Å². The highest BCUT2D eigenvalue weighted by atomic mass is 16.8. The predicted octanol–water partition coefficient (Wildman–Crippen LogP) is -18.2. The van der Waals surface area contributed by atoms with Crippen molar-refractivity contribution >= 4 is 23.6 Å². The molecule has 4 amide bonds. The average molecular weight is 1480 g/mol. The maximum Gasteiger partial charge on any atom is 0.217 e. The number of hydrogen-bond acceptors (Lipinski definition) is 41. The molecule has 0 saturated carbocycles. The van der Waals surface area contributed by atoms with Crippen LogP contribution in [0.3, 0.4) is 0 Å². The van der Waals surface area contributed by atoms with Gasteiger partial charge in [-0.3, -0.25) is 19.2 Å². The highest BCUT2D eigenvalue weighted by molar-refractivity contribution is 5.74. The number of ether oxygens (including phenoxy) is 14. The van der Waals surface area contributed by atoms with Gasteiger partial charge in [0, 0.05) is 27.7 Å². The fraction of sp³-hybridized carbons (Fsp3) is 0.929. The Morgan fingerprint density at radius 2 is 0.653 bits per heavy atom. The van der Waals surface area contributed by atoms with E-state index in [9.17, 15) is 137 Å². The molecule has 7 fully saturated rings. The van der Waals surface area contributed by atoms with Crippen molar-refractivity contribution in [3.05, 3.63) is 0 Å². The van der Waals surface area contributed by atoms with Gasteiger partial charge >= 0.3 is 0 Å². The minimum atomic E-state index is -2.47. The van der Waals surface area contributed by atoms with Crippen LogP contribution in [0.1, 0.15) is 27.7 Å². The molecule has 39 atom stereocenters. The van der Waals surface area contributed by atoms with Crippen LogP contribution in [-0.4, -0.2) is 440 Å². The summed E-state index contributed by atoms with van der Waals surface area (Å²) in [7, 11) is 0. The van der Waals surface area contributed by atoms with Gasteiger partial charge < -0.3 is 205 Å². The molecule has 7 aliphatic rings. The number of hydrogen-bond donors (Lipinski definition) is 27. The van der Waals surface area contributed by atoms with E-state index in [0.29, 0.717) is 0 Å². The quantitative estimate of drug-likeness (QED) is 0.0318. The van der Waals surface area contributed by atoms with Crippen molar-refractivity contribution < 1.29 is 203 Å². The molecule has 0 radical (unpaired) electrons. The third-order valence-corrected chi connectivity index (χ3v) is 17.9. The van der Waals surface area contributed by atoms with Crippen molar-refractivity contribution in [2.24, 2.45) is 0 Å². The molecule has 0 bridgehead atoms. The molecule has 0 unspecified atom stereocenters. The van der Waals surface area contributed by atoms with E-state index < -0.39 is 322 Å². The van der Waals surface area contributed by atoms with E-state index in [1.165, 1.54) is 0 Å². The van der Waals surface area contributed by atoms with E-state index in [-0.39, 0.29) is 0 Å². The van der Waals surface area contributed by atoms with Gasteiger partial charge in [-0.15, -0.1) is 0 Å². The van der Waals surface area contributed by atoms with Crippen LogP contribution in [0, 0.1) is 0 Å². The molecule has 7 aliphatic heterocycles. The van der Waals surface area contributed by atoms with Crippen molar-refractivity contribution in [1.82, 2.24) is 21.3 Å². The Hall–Kier alpha value is -3.60. The van der Waals surface area contributed by atoms with Crippen LogP contribution in [0.15, 0.2) is 0 Å². The van der Waals surface area contributed by atoms with Crippen molar-refractivity contribution in [2.75, 3.05) is 59.5 Å². The van der Waals surface area contributed by atoms with Crippen LogP contribution < -0.4 is 21.3 Å². The van der Waals surface area contributed by atoms with Gasteiger partial charge in [0.15, 0.2) is 44.0 Å². The summed E-state index contributed by atoms with van der Waals surface area (Å²) in [5, 5.41) is 260. The Morgan fingerprint density at radius 3 is 1.02 bits per heavy atom. The van der Waals surface area contributed by atoms with E-state index in [4.69, 9.17) is 66.3 Å². The van der Waals surface area contributed by atoms with E-state index in [1.54, 1.807) is 0 Å². The smallest absolute Gasteiger partial charge is 0.217 e. The van der Waals surface area contributed by atoms with Gasteiger partial charge in [0.05, 0.1) is 65.5 Å². The van der Waals surface area contributed by atoms with Gasteiger partial charge in [-0.05, 0) is 0 Å². The lowest BCUT2D eigenvalue weighted by atomic mass is 9.93. The highest BCUT2D eigenvalue weighted by Crippen LogP contribution is 2.38. The van der Waals surface area contributed by atoms with Crippen molar-refractivity contribution in [3.8, 4) is 0 Å². The monoisotopic (exact) mass is 1480 g/mol. The van der Waals surface area contributed by atoms with Crippen LogP contribution >= 0.6 is 0 Å². The lowest BCUT2D eigenvalue weighted by Crippen LogP contribution is -2.71. The number of amides is 4. The van der Waals surface area contributed by atoms with Gasteiger partial charge in [0.25, 0.3) is 0 Å². The van der Waals surface area contributed by atoms with Crippen LogP contribution in [0.4, 0.5) is 0 Å². The Labute approximate surface area is 572 Å². The number of rotatable bonds is 30. The lowest BCUT2D eigenvalue weighted by molar-refractivity contribution is -0.386. The second-order valence-corrected chi connectivity index (χ2v) is 25.1. The van der Waals surface area contributed by atoms with Gasteiger partial charge in [0.1, 0.15) is 189 Å². The SMILES string of the molecule is CC(=O)N[C@H]1[C@H](OC[C@H]2O[C@@H](O[C@H]3[C@H](O)[C@@H](NC(C)=O)[C@H](O[C@H]4[C@@H](O)[C@@H](CO)O[C@@H](O[C@@H]([C@@H](O)[C@H](O)CO)[C@H](CO)NC(C)=O)[C@@H]4O)O[C@@H]3CO)[C@H](O)[C@@H](O[C@@H]3O[C@H](CO)[C@@H](O[C@@H]4O[C@H](CO)[C@H](O)[C@H](O)[C@H]4O)[C@H](O)[C@H]3NC(C)=O)[C@H]2O)O[C@H](CO)[C@@H](O[C@@H]2O[C@H](CO)[C@H](O)[C@H](O)[C@H]2O)[C@@H]1O. The second-order valence-electron chi connectivity index (χ2n) is 25.1. The van der Waals surface area contributed by atoms with E-state index in [0.717, 1.165) is 27.7 Å². The van der Waals surface area contributed by atoms with E-state index in [2.05, 4.69) is 21.3 Å². The summed E-state index contributed by atoms with van der Waals surface area (Å²) >= 11 is 0. The Bertz CT molecular complexity index is 2580. The first-order valence-electron chi connectivity index (χ1n) is 32.0. The molecule has 27 N–H and O–H groups in total. The molecule has 0 aliphatic carbocycles. The summed E-state index contributed by atoms with van der Waals surface area (Å²) in [6, 6.07) is -7.33. The Kier molecular flexibility index (Phi) is 31.7. The van der Waals surface area contributed by atoms with Crippen LogP contribution in [-0.2, 0) is 85.5 Å². The maximum absolute atomic E-state index is 13.0. The molecule has 0 spiro atoms. The molecule has 0 aromatic heterocycles. The minimum Gasteiger partial charge on any atom is -0.394 e. The Balaban J connectivity index is 1.21. The fourth-order valence-electron chi connectivity index (χ4n) is 12.6. The molecule has 586 valence electrons. The first kappa shape index (κ1) is 84.7. The zero-order valence-corrected chi connectivity index (χ0v) is 54.5. The first-order valence-corrected chi connectivity index (χ1v) is 32.0. The highest BCUT2D eigenvalue weighted by Gasteiger charge is 2.59. The largest absolute Gasteiger partial charge is 0.394 e. The van der Waals surface area contributed by atoms with Crippen molar-refractivity contribution in [2.45, 2.75) is 267 Å². The number of aliphatic hydroxyl groups excluding tert-OH is 23. The molecule has 0 aromatic carbocycles. The number of carbonyl (C=O) groups excluding carboxylic acids is 4. The second kappa shape index (κ2) is 37.8. The van der Waals surface area contributed by atoms with Crippen LogP contribution in [0.25, 0.3) is 0 Å². The van der Waals surface area contributed by atoms with Crippen LogP contribution in [0.2, 0.25) is 0 Å². The molecule has 45 nitrogen and oxygen atoms in total. The molecule has 7 heterocycles. The average Bonchev–Trinajstić information content (AvgIpc) is 0.769. The summed E-state index contributed by atoms with van der Waals surface area (Å²) < 4.78 is 82.1. The summed E-state index contributed by atoms with van der Waals surface area (Å²) in [5.41, 5.74) is 0. The van der Waals surface area contributed by atoms with Crippen LogP contribution in [0.5, 0.6) is 0 Å². The Morgan fingerprint density at radius 1 is 0.337 bits per heavy atom. The number of aliphatic hydroxyl groups is 23. The van der Waals surface area contributed by atoms with Gasteiger partial charge in [-0.25, -0.2) is 0 Å². The summed E-state index contributed by atoms with van der Waals surface area (Å²) in [6.07, 6.45) is -71.4. The molecule has 45 heteroatoms. The summed E-state index contributed by atoms with van der Waals surface area (Å²) in [4.78, 5) is 50.8. The first-order chi connectivity index (χ1) is 47.7. The zero-order valence-electron chi connectivity index (χ0n) is 54.5. The summed E-state index contributed by atoms with van der Waals surface area (Å²) in [6.45, 7) is -5.71. The van der Waals surface area contributed by atoms with E-state index in [1.807, 2.05) is 0 Å². The third kappa shape index (κ3) is 19.6. The standard InChI is InChI=1S/C56H96N4O41/c1-14(69)57-18(5-61)44(30(74)19(73)6-62)96-55-42(86)48(33(77)22(9-65)91-55)100-51-29(60-17(4)72)37(81)47(25(12-68)94-51)99-56-43(87)49(101-52-28(59-16(3)71)36(80)46(24(11-67)93-52)98-54-41(85)39(83)32(76)21(8-64)90-54)34(78)26(95-56)13-88-50-27(58-15(2)70)35(79)45(23(10-66)92-50)97-53-40(84)38(82)31(75)20(7-63)89-53/h18-56,61-68,73-87H,5-13H2,1-4H3,(H,57,69)(H,58,70)(H,59,71)(H,60,72)/t18-,19+,20+,21+,22+,23+,24+,25+,26+,27+,28+,29+,30-,31-,32-,33-,34-,35+,36+,37+,38-,39-,40+,41+,42+,43+,44+,45+,46+,47+,48-,49-,50+,51-,52-,53-,54-,55-,56-/m0/s1. The summed E-state index contributed by atoms with van der Waals surface area (Å²) in [5.74, 6) is -3.61. The predicted molar refractivity (Wildman–Crippen MR) is 313 cm³/mol. The molecular formula is C56H96N4O41. The minimum absolute atomic E-state index is 0.810. The fourth-order valence-corrected chi connectivity index (χ4v) is 12.6. The molecule has 101 heavy (non-hydrogen) atoms. The molecule has 7 rings (SSSR count). The van der Waals surface area contributed by atoms with Gasteiger partial charge in [0.2, 0.25) is 23.6 Å². The molecule has 0 aromatic rings. The third-order valence-electron chi connectivity index (χ3n) is 17.9. The normalized spacial score (nSPS) is 45.0. The van der Waals surface area contributed by atoms with Gasteiger partial charge in [-0.2, -0.15) is 0 Å². The zero-order chi connectivity index (χ0) is 74.9. The number of carbonyl (C=O) groups is 4. The number of nitrogens with one attached hydrogen (secondary N) is 4. The van der Waals surface area contributed by atoms with Crippen molar-refractivity contribution in [1.29, 1.82) is 0 Å². The maximum atomic E-state index is 13.0. The molecular weight excluding hydrogens is 1380 g/mol. The van der Waals surface area contributed by atoms with Crippen molar-refractivity contribution in [3.63, 3.8) is 0 Å². The topological polar surface area (TPSA) is 711 Å². The lowest BCUT2D eigenvalue weighted by Gasteiger charge is -2.51. The van der Waals surface area contributed by atoms with Gasteiger partial charge in [-0.1, -0.05) is 0 Å². The molecule has 7 saturated heterocycles.